The van der Waals surface area contributed by atoms with Gasteiger partial charge in [0.2, 0.25) is 0 Å². The predicted octanol–water partition coefficient (Wildman–Crippen LogP) is 3.37. The first-order chi connectivity index (χ1) is 13.7. The van der Waals surface area contributed by atoms with Crippen LogP contribution in [0.15, 0.2) is 29.3 Å². The molecule has 0 bridgehead atoms. The third kappa shape index (κ3) is 7.66. The van der Waals surface area contributed by atoms with Gasteiger partial charge in [0.05, 0.1) is 25.4 Å². The number of hydrogen-bond acceptors (Lipinski definition) is 4. The maximum atomic E-state index is 13.2. The Morgan fingerprint density at radius 1 is 1.31 bits per heavy atom. The van der Waals surface area contributed by atoms with Crippen LogP contribution in [0.1, 0.15) is 37.9 Å². The van der Waals surface area contributed by atoms with Gasteiger partial charge in [-0.1, -0.05) is 12.1 Å². The summed E-state index contributed by atoms with van der Waals surface area (Å²) in [5, 5.41) is 3.42. The highest BCUT2D eigenvalue weighted by atomic mass is 127. The van der Waals surface area contributed by atoms with Gasteiger partial charge in [-0.25, -0.2) is 4.39 Å². The van der Waals surface area contributed by atoms with Crippen LogP contribution >= 0.6 is 24.0 Å². The van der Waals surface area contributed by atoms with Gasteiger partial charge in [-0.3, -0.25) is 4.99 Å². The number of rotatable bonds is 7. The van der Waals surface area contributed by atoms with Crippen molar-refractivity contribution in [1.29, 1.82) is 0 Å². The highest BCUT2D eigenvalue weighted by Crippen LogP contribution is 2.25. The third-order valence-corrected chi connectivity index (χ3v) is 5.09. The lowest BCUT2D eigenvalue weighted by atomic mass is 10.1. The minimum absolute atomic E-state index is 0. The van der Waals surface area contributed by atoms with Crippen molar-refractivity contribution < 1.29 is 18.6 Å². The molecule has 0 radical (unpaired) electrons. The zero-order valence-corrected chi connectivity index (χ0v) is 19.6. The Kier molecular flexibility index (Phi) is 10.6. The van der Waals surface area contributed by atoms with Gasteiger partial charge in [0, 0.05) is 33.4 Å². The Bertz CT molecular complexity index is 626. The Labute approximate surface area is 190 Å². The minimum Gasteiger partial charge on any atom is -0.379 e. The van der Waals surface area contributed by atoms with E-state index in [-0.39, 0.29) is 48.1 Å². The van der Waals surface area contributed by atoms with Crippen LogP contribution in [0.2, 0.25) is 0 Å². The van der Waals surface area contributed by atoms with E-state index in [1.807, 2.05) is 0 Å². The Hall–Kier alpha value is -0.970. The van der Waals surface area contributed by atoms with Crippen molar-refractivity contribution in [3.63, 3.8) is 0 Å². The van der Waals surface area contributed by atoms with Crippen LogP contribution in [0.3, 0.4) is 0 Å². The lowest BCUT2D eigenvalue weighted by Crippen LogP contribution is -2.50. The fourth-order valence-corrected chi connectivity index (χ4v) is 3.68. The highest BCUT2D eigenvalue weighted by molar-refractivity contribution is 14.0. The molecule has 1 aromatic carbocycles. The third-order valence-electron chi connectivity index (χ3n) is 5.09. The molecule has 1 aromatic rings. The van der Waals surface area contributed by atoms with Gasteiger partial charge in [0.25, 0.3) is 0 Å². The summed E-state index contributed by atoms with van der Waals surface area (Å²) < 4.78 is 30.5. The first kappa shape index (κ1) is 24.3. The standard InChI is InChI=1S/C21H32FN3O3.HI/c1-16-13-25(14-20(28-16)17-6-8-18(22)9-7-17)21(23-2)24-10-4-11-26-15-19-5-3-12-27-19;/h6-9,16,19-20H,3-5,10-15H2,1-2H3,(H,23,24);1H. The van der Waals surface area contributed by atoms with Gasteiger partial charge in [-0.2, -0.15) is 0 Å². The molecule has 8 heteroatoms. The molecule has 0 saturated carbocycles. The molecule has 2 fully saturated rings. The maximum Gasteiger partial charge on any atom is 0.193 e. The summed E-state index contributed by atoms with van der Waals surface area (Å²) in [6.45, 7) is 6.57. The van der Waals surface area contributed by atoms with Crippen LogP contribution in [-0.4, -0.2) is 69.6 Å². The monoisotopic (exact) mass is 521 g/mol. The van der Waals surface area contributed by atoms with E-state index in [9.17, 15) is 4.39 Å². The van der Waals surface area contributed by atoms with E-state index >= 15 is 0 Å². The number of nitrogens with one attached hydrogen (secondary N) is 1. The maximum absolute atomic E-state index is 13.2. The first-order valence-electron chi connectivity index (χ1n) is 10.2. The molecule has 0 amide bonds. The molecule has 29 heavy (non-hydrogen) atoms. The lowest BCUT2D eigenvalue weighted by Gasteiger charge is -2.38. The molecule has 3 unspecified atom stereocenters. The zero-order valence-electron chi connectivity index (χ0n) is 17.3. The lowest BCUT2D eigenvalue weighted by molar-refractivity contribution is -0.0605. The quantitative estimate of drug-likeness (QED) is 0.258. The molecule has 2 heterocycles. The van der Waals surface area contributed by atoms with E-state index in [1.165, 1.54) is 12.1 Å². The van der Waals surface area contributed by atoms with Gasteiger partial charge >= 0.3 is 0 Å². The molecular formula is C21H33FIN3O3. The molecule has 3 atom stereocenters. The fourth-order valence-electron chi connectivity index (χ4n) is 3.68. The van der Waals surface area contributed by atoms with Gasteiger partial charge in [-0.15, -0.1) is 24.0 Å². The minimum atomic E-state index is -0.233. The topological polar surface area (TPSA) is 55.3 Å². The highest BCUT2D eigenvalue weighted by Gasteiger charge is 2.28. The Morgan fingerprint density at radius 2 is 2.10 bits per heavy atom. The number of benzene rings is 1. The molecule has 0 spiro atoms. The van der Waals surface area contributed by atoms with Crippen molar-refractivity contribution in [2.45, 2.75) is 44.5 Å². The fraction of sp³-hybridized carbons (Fsp3) is 0.667. The molecule has 2 aliphatic heterocycles. The van der Waals surface area contributed by atoms with Gasteiger partial charge in [0.15, 0.2) is 5.96 Å². The van der Waals surface area contributed by atoms with Gasteiger partial charge in [0.1, 0.15) is 11.9 Å². The van der Waals surface area contributed by atoms with Crippen LogP contribution in [0.5, 0.6) is 0 Å². The Morgan fingerprint density at radius 3 is 2.79 bits per heavy atom. The summed E-state index contributed by atoms with van der Waals surface area (Å²) >= 11 is 0. The Balaban J connectivity index is 0.00000300. The zero-order chi connectivity index (χ0) is 19.8. The van der Waals surface area contributed by atoms with E-state index in [1.54, 1.807) is 19.2 Å². The van der Waals surface area contributed by atoms with Crippen LogP contribution in [-0.2, 0) is 14.2 Å². The molecule has 6 nitrogen and oxygen atoms in total. The van der Waals surface area contributed by atoms with E-state index in [4.69, 9.17) is 14.2 Å². The predicted molar refractivity (Wildman–Crippen MR) is 122 cm³/mol. The number of nitrogens with zero attached hydrogens (tertiary/aromatic N) is 2. The summed E-state index contributed by atoms with van der Waals surface area (Å²) in [6, 6.07) is 6.54. The largest absolute Gasteiger partial charge is 0.379 e. The molecule has 2 saturated heterocycles. The summed E-state index contributed by atoms with van der Waals surface area (Å²) in [4.78, 5) is 6.63. The molecule has 3 rings (SSSR count). The van der Waals surface area contributed by atoms with Crippen LogP contribution in [0.4, 0.5) is 4.39 Å². The average molecular weight is 521 g/mol. The van der Waals surface area contributed by atoms with Crippen molar-refractivity contribution in [2.24, 2.45) is 4.99 Å². The summed E-state index contributed by atoms with van der Waals surface area (Å²) in [6.07, 6.45) is 3.40. The van der Waals surface area contributed by atoms with Crippen molar-refractivity contribution in [3.8, 4) is 0 Å². The normalized spacial score (nSPS) is 25.0. The van der Waals surface area contributed by atoms with Crippen molar-refractivity contribution >= 4 is 29.9 Å². The van der Waals surface area contributed by atoms with Crippen molar-refractivity contribution in [1.82, 2.24) is 10.2 Å². The molecule has 0 aromatic heterocycles. The van der Waals surface area contributed by atoms with Crippen LogP contribution < -0.4 is 5.32 Å². The smallest absolute Gasteiger partial charge is 0.193 e. The number of morpholine rings is 1. The summed E-state index contributed by atoms with van der Waals surface area (Å²) in [5.74, 6) is 0.630. The second kappa shape index (κ2) is 12.7. The van der Waals surface area contributed by atoms with E-state index in [2.05, 4.69) is 22.1 Å². The number of guanidine groups is 1. The molecule has 1 N–H and O–H groups in total. The number of ether oxygens (including phenoxy) is 3. The molecular weight excluding hydrogens is 488 g/mol. The summed E-state index contributed by atoms with van der Waals surface area (Å²) in [5.41, 5.74) is 0.982. The average Bonchev–Trinajstić information content (AvgIpc) is 3.21. The molecule has 164 valence electrons. The number of hydrogen-bond donors (Lipinski definition) is 1. The van der Waals surface area contributed by atoms with E-state index in [0.29, 0.717) is 19.8 Å². The second-order valence-corrected chi connectivity index (χ2v) is 7.43. The number of halogens is 2. The van der Waals surface area contributed by atoms with E-state index in [0.717, 1.165) is 50.5 Å². The van der Waals surface area contributed by atoms with E-state index < -0.39 is 0 Å². The van der Waals surface area contributed by atoms with Crippen LogP contribution in [0, 0.1) is 5.82 Å². The van der Waals surface area contributed by atoms with Gasteiger partial charge < -0.3 is 24.4 Å². The molecule has 0 aliphatic carbocycles. The number of aliphatic imine (C=N–C) groups is 1. The van der Waals surface area contributed by atoms with Crippen LogP contribution in [0.25, 0.3) is 0 Å². The second-order valence-electron chi connectivity index (χ2n) is 7.43. The first-order valence-corrected chi connectivity index (χ1v) is 10.2. The molecule has 2 aliphatic rings. The summed E-state index contributed by atoms with van der Waals surface area (Å²) in [7, 11) is 1.79. The SMILES string of the molecule is CN=C(NCCCOCC1CCCO1)N1CC(C)OC(c2ccc(F)cc2)C1.I. The van der Waals surface area contributed by atoms with Gasteiger partial charge in [-0.05, 0) is 43.9 Å². The van der Waals surface area contributed by atoms with Crippen molar-refractivity contribution in [3.05, 3.63) is 35.6 Å². The van der Waals surface area contributed by atoms with Crippen molar-refractivity contribution in [2.75, 3.05) is 46.5 Å².